The first kappa shape index (κ1) is 20.4. The molecule has 0 spiro atoms. The highest BCUT2D eigenvalue weighted by Gasteiger charge is 2.46. The van der Waals surface area contributed by atoms with Gasteiger partial charge in [0.2, 0.25) is 6.29 Å². The third-order valence-electron chi connectivity index (χ3n) is 4.61. The molecule has 1 aliphatic heterocycles. The molecule has 5 atom stereocenters. The van der Waals surface area contributed by atoms with E-state index < -0.39 is 48.7 Å². The first-order valence-electron chi connectivity index (χ1n) is 8.48. The topological polar surface area (TPSA) is 148 Å². The number of hydrogen-bond acceptors (Lipinski definition) is 10. The fourth-order valence-electron chi connectivity index (χ4n) is 3.29. The number of methoxy groups -OCH3 is 2. The molecule has 1 aromatic carbocycles. The molecule has 3 rings (SSSR count). The number of phenolic OH excluding ortho intramolecular Hbond substituents is 1. The first-order chi connectivity index (χ1) is 13.3. The van der Waals surface area contributed by atoms with Crippen LogP contribution in [-0.4, -0.2) is 72.0 Å². The maximum Gasteiger partial charge on any atom is 0.347 e. The van der Waals surface area contributed by atoms with Crippen LogP contribution in [0.5, 0.6) is 17.2 Å². The zero-order valence-corrected chi connectivity index (χ0v) is 15.5. The molecule has 154 valence electrons. The Hall–Kier alpha value is -2.37. The maximum atomic E-state index is 12.1. The normalized spacial score (nSPS) is 27.7. The quantitative estimate of drug-likeness (QED) is 0.526. The number of phenols is 1. The van der Waals surface area contributed by atoms with Crippen molar-refractivity contribution in [1.82, 2.24) is 0 Å². The van der Waals surface area contributed by atoms with Crippen LogP contribution in [0.15, 0.2) is 21.3 Å². The van der Waals surface area contributed by atoms with Crippen molar-refractivity contribution in [3.05, 3.63) is 28.3 Å². The Morgan fingerprint density at radius 2 is 1.89 bits per heavy atom. The number of benzene rings is 1. The van der Waals surface area contributed by atoms with E-state index in [1.54, 1.807) is 6.92 Å². The van der Waals surface area contributed by atoms with E-state index in [4.69, 9.17) is 23.4 Å². The molecule has 10 heteroatoms. The molecule has 1 aliphatic rings. The molecule has 4 N–H and O–H groups in total. The van der Waals surface area contributed by atoms with E-state index in [-0.39, 0.29) is 22.3 Å². The van der Waals surface area contributed by atoms with Crippen LogP contribution in [0.2, 0.25) is 0 Å². The third-order valence-corrected chi connectivity index (χ3v) is 4.61. The summed E-state index contributed by atoms with van der Waals surface area (Å²) in [4.78, 5) is 12.1. The van der Waals surface area contributed by atoms with Crippen LogP contribution in [0.25, 0.3) is 10.8 Å². The Balaban J connectivity index is 2.03. The van der Waals surface area contributed by atoms with Crippen LogP contribution in [0.4, 0.5) is 0 Å². The molecule has 5 unspecified atom stereocenters. The molecular weight excluding hydrogens is 376 g/mol. The van der Waals surface area contributed by atoms with Gasteiger partial charge in [-0.05, 0) is 13.0 Å². The predicted molar refractivity (Wildman–Crippen MR) is 94.6 cm³/mol. The first-order valence-corrected chi connectivity index (χ1v) is 8.48. The van der Waals surface area contributed by atoms with Crippen molar-refractivity contribution in [2.24, 2.45) is 0 Å². The Labute approximate surface area is 159 Å². The SMILES string of the molecule is COc1c(OC2OC(CO)C(OC)C(O)C2O)cc(O)c2c(=O)oc(C)cc12. The fourth-order valence-corrected chi connectivity index (χ4v) is 3.29. The Bertz CT molecular complexity index is 905. The van der Waals surface area contributed by atoms with Gasteiger partial charge in [0.15, 0.2) is 11.5 Å². The van der Waals surface area contributed by atoms with Crippen LogP contribution < -0.4 is 15.1 Å². The molecule has 0 bridgehead atoms. The lowest BCUT2D eigenvalue weighted by molar-refractivity contribution is -0.282. The summed E-state index contributed by atoms with van der Waals surface area (Å²) in [5, 5.41) is 40.4. The second-order valence-corrected chi connectivity index (χ2v) is 6.39. The van der Waals surface area contributed by atoms with E-state index in [9.17, 15) is 25.2 Å². The number of fused-ring (bicyclic) bond motifs is 1. The van der Waals surface area contributed by atoms with Gasteiger partial charge in [-0.15, -0.1) is 0 Å². The number of rotatable bonds is 5. The second-order valence-electron chi connectivity index (χ2n) is 6.39. The van der Waals surface area contributed by atoms with Crippen LogP contribution in [0.3, 0.4) is 0 Å². The summed E-state index contributed by atoms with van der Waals surface area (Å²) >= 11 is 0. The predicted octanol–water partition coefficient (Wildman–Crippen LogP) is -0.352. The standard InChI is InChI=1S/C18H22O10/c1-7-4-8-12(17(23)26-7)9(20)5-10(15(8)24-2)27-18-14(22)13(21)16(25-3)11(6-19)28-18/h4-5,11,13-14,16,18-22H,6H2,1-3H3. The molecule has 1 saturated heterocycles. The van der Waals surface area contributed by atoms with Crippen LogP contribution in [0, 0.1) is 6.92 Å². The molecule has 1 aromatic heterocycles. The fraction of sp³-hybridized carbons (Fsp3) is 0.500. The molecule has 10 nitrogen and oxygen atoms in total. The van der Waals surface area contributed by atoms with Crippen molar-refractivity contribution >= 4 is 10.8 Å². The molecule has 1 fully saturated rings. The number of aliphatic hydroxyl groups excluding tert-OH is 3. The highest BCUT2D eigenvalue weighted by Crippen LogP contribution is 2.41. The number of aromatic hydroxyl groups is 1. The largest absolute Gasteiger partial charge is 0.507 e. The van der Waals surface area contributed by atoms with Gasteiger partial charge in [-0.2, -0.15) is 0 Å². The Morgan fingerprint density at radius 1 is 1.18 bits per heavy atom. The molecule has 0 radical (unpaired) electrons. The van der Waals surface area contributed by atoms with Crippen molar-refractivity contribution in [3.63, 3.8) is 0 Å². The van der Waals surface area contributed by atoms with Gasteiger partial charge < -0.3 is 43.8 Å². The van der Waals surface area contributed by atoms with E-state index in [2.05, 4.69) is 0 Å². The van der Waals surface area contributed by atoms with E-state index in [0.717, 1.165) is 6.07 Å². The average molecular weight is 398 g/mol. The van der Waals surface area contributed by atoms with E-state index in [0.29, 0.717) is 5.76 Å². The summed E-state index contributed by atoms with van der Waals surface area (Å²) in [6.45, 7) is 1.08. The average Bonchev–Trinajstić information content (AvgIpc) is 2.64. The lowest BCUT2D eigenvalue weighted by atomic mass is 9.99. The Kier molecular flexibility index (Phi) is 5.77. The highest BCUT2D eigenvalue weighted by molar-refractivity contribution is 5.94. The van der Waals surface area contributed by atoms with Crippen molar-refractivity contribution in [1.29, 1.82) is 0 Å². The van der Waals surface area contributed by atoms with Gasteiger partial charge in [0, 0.05) is 18.6 Å². The molecule has 2 aromatic rings. The lowest BCUT2D eigenvalue weighted by Gasteiger charge is -2.41. The zero-order valence-electron chi connectivity index (χ0n) is 15.5. The van der Waals surface area contributed by atoms with Crippen molar-refractivity contribution in [2.75, 3.05) is 20.8 Å². The van der Waals surface area contributed by atoms with Crippen LogP contribution in [-0.2, 0) is 9.47 Å². The highest BCUT2D eigenvalue weighted by atomic mass is 16.7. The number of hydrogen-bond donors (Lipinski definition) is 4. The number of ether oxygens (including phenoxy) is 4. The van der Waals surface area contributed by atoms with Crippen LogP contribution in [0.1, 0.15) is 5.76 Å². The molecule has 0 saturated carbocycles. The second kappa shape index (κ2) is 7.94. The van der Waals surface area contributed by atoms with Gasteiger partial charge in [0.25, 0.3) is 0 Å². The minimum atomic E-state index is -1.52. The smallest absolute Gasteiger partial charge is 0.347 e. The molecule has 0 aliphatic carbocycles. The van der Waals surface area contributed by atoms with Gasteiger partial charge in [-0.3, -0.25) is 0 Å². The monoisotopic (exact) mass is 398 g/mol. The van der Waals surface area contributed by atoms with Gasteiger partial charge in [-0.1, -0.05) is 0 Å². The van der Waals surface area contributed by atoms with E-state index >= 15 is 0 Å². The lowest BCUT2D eigenvalue weighted by Crippen LogP contribution is -2.60. The van der Waals surface area contributed by atoms with E-state index in [1.165, 1.54) is 20.3 Å². The molecule has 28 heavy (non-hydrogen) atoms. The number of aryl methyl sites for hydroxylation is 1. The molecular formula is C18H22O10. The van der Waals surface area contributed by atoms with Gasteiger partial charge in [0.1, 0.15) is 41.3 Å². The minimum Gasteiger partial charge on any atom is -0.507 e. The van der Waals surface area contributed by atoms with Crippen LogP contribution >= 0.6 is 0 Å². The van der Waals surface area contributed by atoms with Crippen molar-refractivity contribution in [3.8, 4) is 17.2 Å². The summed E-state index contributed by atoms with van der Waals surface area (Å²) in [6.07, 6.45) is -6.22. The van der Waals surface area contributed by atoms with Crippen molar-refractivity contribution in [2.45, 2.75) is 37.6 Å². The van der Waals surface area contributed by atoms with Gasteiger partial charge >= 0.3 is 5.63 Å². The molecule has 0 amide bonds. The summed E-state index contributed by atoms with van der Waals surface area (Å²) in [7, 11) is 2.65. The zero-order chi connectivity index (χ0) is 20.6. The summed E-state index contributed by atoms with van der Waals surface area (Å²) in [6, 6.07) is 2.61. The minimum absolute atomic E-state index is 0.0405. The summed E-state index contributed by atoms with van der Waals surface area (Å²) < 4.78 is 26.5. The van der Waals surface area contributed by atoms with Gasteiger partial charge in [0.05, 0.1) is 13.7 Å². The number of aliphatic hydroxyl groups is 3. The Morgan fingerprint density at radius 3 is 2.50 bits per heavy atom. The van der Waals surface area contributed by atoms with Gasteiger partial charge in [-0.25, -0.2) is 4.79 Å². The third kappa shape index (κ3) is 3.40. The maximum absolute atomic E-state index is 12.1. The molecule has 2 heterocycles. The summed E-state index contributed by atoms with van der Waals surface area (Å²) in [5.74, 6) is -0.0660. The summed E-state index contributed by atoms with van der Waals surface area (Å²) in [5.41, 5.74) is -0.745. The van der Waals surface area contributed by atoms with Crippen molar-refractivity contribution < 1.29 is 43.8 Å². The van der Waals surface area contributed by atoms with E-state index in [1.807, 2.05) is 0 Å².